The fraction of sp³-hybridized carbons (Fsp3) is 0.750. The third kappa shape index (κ3) is 3.84. The van der Waals surface area contributed by atoms with E-state index in [0.717, 1.165) is 50.9 Å². The SMILES string of the molecule is CCc1nn(CCCN(C)C)c2c1C(CC(=O)O)CCC2. The number of rotatable bonds is 7. The highest BCUT2D eigenvalue weighted by Crippen LogP contribution is 2.36. The van der Waals surface area contributed by atoms with Crippen LogP contribution in [0.4, 0.5) is 0 Å². The zero-order valence-electron chi connectivity index (χ0n) is 13.4. The molecule has 1 aromatic rings. The number of carboxylic acids is 1. The minimum absolute atomic E-state index is 0.156. The molecule has 1 aliphatic rings. The molecular formula is C16H27N3O2. The Kier molecular flexibility index (Phi) is 5.39. The molecule has 0 fully saturated rings. The predicted molar refractivity (Wildman–Crippen MR) is 82.7 cm³/mol. The van der Waals surface area contributed by atoms with E-state index in [9.17, 15) is 4.79 Å². The summed E-state index contributed by atoms with van der Waals surface area (Å²) in [5, 5.41) is 13.9. The van der Waals surface area contributed by atoms with Crippen molar-refractivity contribution in [2.45, 2.75) is 57.9 Å². The molecule has 1 heterocycles. The van der Waals surface area contributed by atoms with Crippen LogP contribution in [-0.4, -0.2) is 46.4 Å². The lowest BCUT2D eigenvalue weighted by Crippen LogP contribution is -2.18. The lowest BCUT2D eigenvalue weighted by atomic mass is 9.82. The van der Waals surface area contributed by atoms with Gasteiger partial charge in [0.15, 0.2) is 0 Å². The summed E-state index contributed by atoms with van der Waals surface area (Å²) in [5.74, 6) is -0.543. The van der Waals surface area contributed by atoms with E-state index in [1.807, 2.05) is 0 Å². The number of aromatic nitrogens is 2. The minimum atomic E-state index is -0.699. The molecule has 0 saturated carbocycles. The van der Waals surface area contributed by atoms with Gasteiger partial charge in [-0.2, -0.15) is 5.10 Å². The molecule has 0 radical (unpaired) electrons. The molecular weight excluding hydrogens is 266 g/mol. The van der Waals surface area contributed by atoms with Crippen LogP contribution in [0, 0.1) is 0 Å². The fourth-order valence-electron chi connectivity index (χ4n) is 3.36. The first-order valence-corrected chi connectivity index (χ1v) is 7.97. The smallest absolute Gasteiger partial charge is 0.303 e. The minimum Gasteiger partial charge on any atom is -0.481 e. The molecule has 1 unspecified atom stereocenters. The standard InChI is InChI=1S/C16H27N3O2/c1-4-13-16-12(11-15(20)21)7-5-8-14(16)19(17-13)10-6-9-18(2)3/h12H,4-11H2,1-3H3,(H,20,21). The van der Waals surface area contributed by atoms with Crippen LogP contribution in [0.3, 0.4) is 0 Å². The second-order valence-electron chi connectivity index (χ2n) is 6.23. The zero-order valence-corrected chi connectivity index (χ0v) is 13.4. The summed E-state index contributed by atoms with van der Waals surface area (Å²) < 4.78 is 2.14. The number of hydrogen-bond donors (Lipinski definition) is 1. The normalized spacial score (nSPS) is 18.0. The van der Waals surface area contributed by atoms with Crippen molar-refractivity contribution >= 4 is 5.97 Å². The molecule has 0 amide bonds. The topological polar surface area (TPSA) is 58.4 Å². The van der Waals surface area contributed by atoms with E-state index in [1.165, 1.54) is 11.3 Å². The van der Waals surface area contributed by atoms with Crippen LogP contribution in [0.1, 0.15) is 55.5 Å². The maximum absolute atomic E-state index is 11.1. The number of aliphatic carboxylic acids is 1. The highest BCUT2D eigenvalue weighted by Gasteiger charge is 2.29. The van der Waals surface area contributed by atoms with Crippen molar-refractivity contribution in [3.8, 4) is 0 Å². The van der Waals surface area contributed by atoms with Crippen molar-refractivity contribution in [1.29, 1.82) is 0 Å². The first-order valence-electron chi connectivity index (χ1n) is 7.97. The molecule has 0 aromatic carbocycles. The van der Waals surface area contributed by atoms with E-state index < -0.39 is 5.97 Å². The summed E-state index contributed by atoms with van der Waals surface area (Å²) in [5.41, 5.74) is 3.65. The molecule has 1 N–H and O–H groups in total. The number of carboxylic acid groups (broad SMARTS) is 1. The predicted octanol–water partition coefficient (Wildman–Crippen LogP) is 2.29. The molecule has 5 nitrogen and oxygen atoms in total. The second kappa shape index (κ2) is 7.07. The largest absolute Gasteiger partial charge is 0.481 e. The average molecular weight is 293 g/mol. The van der Waals surface area contributed by atoms with Crippen molar-refractivity contribution < 1.29 is 9.90 Å². The monoisotopic (exact) mass is 293 g/mol. The van der Waals surface area contributed by atoms with Crippen LogP contribution in [0.25, 0.3) is 0 Å². The van der Waals surface area contributed by atoms with Gasteiger partial charge in [0.05, 0.1) is 12.1 Å². The van der Waals surface area contributed by atoms with Crippen LogP contribution in [0.5, 0.6) is 0 Å². The Morgan fingerprint density at radius 3 is 2.86 bits per heavy atom. The molecule has 1 atom stereocenters. The fourth-order valence-corrected chi connectivity index (χ4v) is 3.36. The van der Waals surface area contributed by atoms with E-state index in [0.29, 0.717) is 0 Å². The van der Waals surface area contributed by atoms with Gasteiger partial charge < -0.3 is 10.0 Å². The van der Waals surface area contributed by atoms with Crippen LogP contribution in [0.15, 0.2) is 0 Å². The van der Waals surface area contributed by atoms with Crippen LogP contribution in [0.2, 0.25) is 0 Å². The van der Waals surface area contributed by atoms with Gasteiger partial charge in [0.2, 0.25) is 0 Å². The van der Waals surface area contributed by atoms with Crippen LogP contribution in [-0.2, 0) is 24.2 Å². The van der Waals surface area contributed by atoms with Crippen molar-refractivity contribution in [2.24, 2.45) is 0 Å². The van der Waals surface area contributed by atoms with Gasteiger partial charge in [-0.05, 0) is 58.7 Å². The van der Waals surface area contributed by atoms with Crippen molar-refractivity contribution in [3.05, 3.63) is 17.0 Å². The number of fused-ring (bicyclic) bond motifs is 1. The van der Waals surface area contributed by atoms with Gasteiger partial charge in [-0.3, -0.25) is 9.48 Å². The number of carbonyl (C=O) groups is 1. The van der Waals surface area contributed by atoms with Gasteiger partial charge in [0.25, 0.3) is 0 Å². The van der Waals surface area contributed by atoms with Crippen LogP contribution >= 0.6 is 0 Å². The Labute approximate surface area is 126 Å². The summed E-state index contributed by atoms with van der Waals surface area (Å²) in [6.45, 7) is 4.09. The van der Waals surface area contributed by atoms with Gasteiger partial charge in [-0.1, -0.05) is 6.92 Å². The molecule has 5 heteroatoms. The summed E-state index contributed by atoms with van der Waals surface area (Å²) in [6, 6.07) is 0. The zero-order chi connectivity index (χ0) is 15.4. The summed E-state index contributed by atoms with van der Waals surface area (Å²) in [4.78, 5) is 13.3. The number of nitrogens with zero attached hydrogens (tertiary/aromatic N) is 3. The maximum atomic E-state index is 11.1. The van der Waals surface area contributed by atoms with Gasteiger partial charge >= 0.3 is 5.97 Å². The first kappa shape index (κ1) is 16.0. The highest BCUT2D eigenvalue weighted by molar-refractivity contribution is 5.68. The Morgan fingerprint density at radius 1 is 1.48 bits per heavy atom. The van der Waals surface area contributed by atoms with E-state index in [-0.39, 0.29) is 12.3 Å². The highest BCUT2D eigenvalue weighted by atomic mass is 16.4. The van der Waals surface area contributed by atoms with Crippen molar-refractivity contribution in [2.75, 3.05) is 20.6 Å². The van der Waals surface area contributed by atoms with E-state index in [2.05, 4.69) is 30.6 Å². The summed E-state index contributed by atoms with van der Waals surface area (Å²) in [7, 11) is 4.16. The molecule has 0 aliphatic heterocycles. The molecule has 1 aliphatic carbocycles. The molecule has 0 bridgehead atoms. The molecule has 118 valence electrons. The summed E-state index contributed by atoms with van der Waals surface area (Å²) in [6.07, 6.45) is 5.31. The molecule has 1 aromatic heterocycles. The Morgan fingerprint density at radius 2 is 2.24 bits per heavy atom. The van der Waals surface area contributed by atoms with E-state index in [1.54, 1.807) is 0 Å². The van der Waals surface area contributed by atoms with Gasteiger partial charge in [-0.25, -0.2) is 0 Å². The Hall–Kier alpha value is -1.36. The third-order valence-corrected chi connectivity index (χ3v) is 4.28. The molecule has 0 saturated heterocycles. The second-order valence-corrected chi connectivity index (χ2v) is 6.23. The first-order chi connectivity index (χ1) is 10.0. The van der Waals surface area contributed by atoms with Crippen molar-refractivity contribution in [3.63, 3.8) is 0 Å². The van der Waals surface area contributed by atoms with E-state index in [4.69, 9.17) is 10.2 Å². The Bertz CT molecular complexity index is 494. The number of aryl methyl sites for hydroxylation is 2. The van der Waals surface area contributed by atoms with Crippen LogP contribution < -0.4 is 0 Å². The molecule has 21 heavy (non-hydrogen) atoms. The van der Waals surface area contributed by atoms with Gasteiger partial charge in [-0.15, -0.1) is 0 Å². The lowest BCUT2D eigenvalue weighted by Gasteiger charge is -2.23. The quantitative estimate of drug-likeness (QED) is 0.838. The third-order valence-electron chi connectivity index (χ3n) is 4.28. The van der Waals surface area contributed by atoms with E-state index >= 15 is 0 Å². The molecule has 0 spiro atoms. The molecule has 2 rings (SSSR count). The lowest BCUT2D eigenvalue weighted by molar-refractivity contribution is -0.137. The Balaban J connectivity index is 2.21. The maximum Gasteiger partial charge on any atom is 0.303 e. The van der Waals surface area contributed by atoms with Gasteiger partial charge in [0.1, 0.15) is 0 Å². The van der Waals surface area contributed by atoms with Crippen molar-refractivity contribution in [1.82, 2.24) is 14.7 Å². The van der Waals surface area contributed by atoms with Gasteiger partial charge in [0, 0.05) is 17.8 Å². The summed E-state index contributed by atoms with van der Waals surface area (Å²) >= 11 is 0. The number of hydrogen-bond acceptors (Lipinski definition) is 3. The average Bonchev–Trinajstić information content (AvgIpc) is 2.77.